The van der Waals surface area contributed by atoms with E-state index in [0.29, 0.717) is 5.56 Å². The lowest BCUT2D eigenvalue weighted by molar-refractivity contribution is 0.0697. The third-order valence-corrected chi connectivity index (χ3v) is 4.20. The van der Waals surface area contributed by atoms with Gasteiger partial charge in [-0.1, -0.05) is 43.9 Å². The van der Waals surface area contributed by atoms with Crippen molar-refractivity contribution >= 4 is 11.7 Å². The molecule has 0 saturated carbocycles. The van der Waals surface area contributed by atoms with Crippen molar-refractivity contribution in [2.75, 3.05) is 11.9 Å². The van der Waals surface area contributed by atoms with Crippen LogP contribution in [-0.4, -0.2) is 17.6 Å². The molecule has 0 heterocycles. The molecule has 0 aliphatic heterocycles. The third kappa shape index (κ3) is 11.2. The smallest absolute Gasteiger partial charge is 0.335 e. The number of allylic oxidation sites excluding steroid dienone is 3. The minimum atomic E-state index is -0.885. The van der Waals surface area contributed by atoms with Crippen LogP contribution in [0.3, 0.4) is 0 Å². The topological polar surface area (TPSA) is 49.3 Å². The number of hydrogen-bond donors (Lipinski definition) is 2. The van der Waals surface area contributed by atoms with Gasteiger partial charge in [0.05, 0.1) is 5.56 Å². The van der Waals surface area contributed by atoms with Crippen molar-refractivity contribution in [3.63, 3.8) is 0 Å². The summed E-state index contributed by atoms with van der Waals surface area (Å²) >= 11 is 0. The first-order valence-electron chi connectivity index (χ1n) is 9.57. The Morgan fingerprint density at radius 1 is 0.880 bits per heavy atom. The molecular weight excluding hydrogens is 310 g/mol. The van der Waals surface area contributed by atoms with Crippen molar-refractivity contribution in [2.45, 2.75) is 64.2 Å². The van der Waals surface area contributed by atoms with Gasteiger partial charge in [-0.3, -0.25) is 0 Å². The molecule has 1 aromatic carbocycles. The molecule has 0 aliphatic carbocycles. The van der Waals surface area contributed by atoms with Crippen molar-refractivity contribution < 1.29 is 9.90 Å². The lowest BCUT2D eigenvalue weighted by Crippen LogP contribution is -2.02. The van der Waals surface area contributed by atoms with Crippen LogP contribution >= 0.6 is 0 Å². The molecule has 138 valence electrons. The second kappa shape index (κ2) is 14.3. The Morgan fingerprint density at radius 3 is 2.04 bits per heavy atom. The van der Waals surface area contributed by atoms with Crippen LogP contribution in [0.1, 0.15) is 74.6 Å². The number of benzene rings is 1. The second-order valence-corrected chi connectivity index (χ2v) is 6.41. The number of anilines is 1. The molecular formula is C22H33NO2. The first-order valence-corrected chi connectivity index (χ1v) is 9.57. The zero-order chi connectivity index (χ0) is 18.2. The maximum atomic E-state index is 10.8. The maximum absolute atomic E-state index is 10.8. The lowest BCUT2D eigenvalue weighted by atomic mass is 10.1. The highest BCUT2D eigenvalue weighted by Gasteiger charge is 2.00. The van der Waals surface area contributed by atoms with Crippen molar-refractivity contribution in [1.29, 1.82) is 0 Å². The van der Waals surface area contributed by atoms with Crippen molar-refractivity contribution in [1.82, 2.24) is 0 Å². The number of nitrogens with one attached hydrogen (secondary N) is 1. The molecule has 2 N–H and O–H groups in total. The maximum Gasteiger partial charge on any atom is 0.335 e. The Kier molecular flexibility index (Phi) is 12.0. The normalized spacial score (nSPS) is 10.9. The van der Waals surface area contributed by atoms with E-state index in [9.17, 15) is 4.79 Å². The van der Waals surface area contributed by atoms with Crippen LogP contribution < -0.4 is 5.32 Å². The van der Waals surface area contributed by atoms with Gasteiger partial charge in [-0.05, 0) is 62.8 Å². The molecule has 3 nitrogen and oxygen atoms in total. The van der Waals surface area contributed by atoms with E-state index < -0.39 is 5.97 Å². The van der Waals surface area contributed by atoms with Crippen LogP contribution in [0.2, 0.25) is 0 Å². The van der Waals surface area contributed by atoms with Gasteiger partial charge in [0, 0.05) is 12.2 Å². The number of carboxylic acids is 1. The molecule has 0 saturated heterocycles. The summed E-state index contributed by atoms with van der Waals surface area (Å²) in [6, 6.07) is 6.89. The molecule has 0 amide bonds. The molecule has 3 heteroatoms. The van der Waals surface area contributed by atoms with Crippen LogP contribution in [0.15, 0.2) is 49.1 Å². The molecule has 0 radical (unpaired) electrons. The van der Waals surface area contributed by atoms with Crippen LogP contribution in [0.5, 0.6) is 0 Å². The first-order chi connectivity index (χ1) is 12.2. The van der Waals surface area contributed by atoms with E-state index in [1.165, 1.54) is 44.9 Å². The van der Waals surface area contributed by atoms with Gasteiger partial charge in [-0.25, -0.2) is 4.79 Å². The van der Waals surface area contributed by atoms with Gasteiger partial charge >= 0.3 is 5.97 Å². The van der Waals surface area contributed by atoms with Crippen molar-refractivity contribution in [2.24, 2.45) is 0 Å². The van der Waals surface area contributed by atoms with E-state index >= 15 is 0 Å². The van der Waals surface area contributed by atoms with E-state index in [1.807, 2.05) is 18.2 Å². The SMILES string of the molecule is C=CCCCCCCCC/C=C/CCCNc1ccc(C(=O)O)cc1. The highest BCUT2D eigenvalue weighted by molar-refractivity contribution is 5.87. The van der Waals surface area contributed by atoms with E-state index in [0.717, 1.165) is 31.5 Å². The van der Waals surface area contributed by atoms with E-state index in [4.69, 9.17) is 5.11 Å². The molecule has 0 atom stereocenters. The quantitative estimate of drug-likeness (QED) is 0.284. The van der Waals surface area contributed by atoms with Crippen molar-refractivity contribution in [3.8, 4) is 0 Å². The van der Waals surface area contributed by atoms with E-state index in [2.05, 4.69) is 24.0 Å². The zero-order valence-corrected chi connectivity index (χ0v) is 15.4. The van der Waals surface area contributed by atoms with Gasteiger partial charge in [0.2, 0.25) is 0 Å². The predicted molar refractivity (Wildman–Crippen MR) is 107 cm³/mol. The molecule has 0 fully saturated rings. The molecule has 0 bridgehead atoms. The highest BCUT2D eigenvalue weighted by Crippen LogP contribution is 2.11. The fourth-order valence-corrected chi connectivity index (χ4v) is 2.68. The molecule has 25 heavy (non-hydrogen) atoms. The third-order valence-electron chi connectivity index (χ3n) is 4.20. The van der Waals surface area contributed by atoms with Gasteiger partial charge in [0.1, 0.15) is 0 Å². The minimum Gasteiger partial charge on any atom is -0.478 e. The fraction of sp³-hybridized carbons (Fsp3) is 0.500. The van der Waals surface area contributed by atoms with Gasteiger partial charge in [-0.2, -0.15) is 0 Å². The van der Waals surface area contributed by atoms with Crippen LogP contribution in [0.25, 0.3) is 0 Å². The Morgan fingerprint density at radius 2 is 1.44 bits per heavy atom. The fourth-order valence-electron chi connectivity index (χ4n) is 2.68. The summed E-state index contributed by atoms with van der Waals surface area (Å²) in [5.41, 5.74) is 1.30. The zero-order valence-electron chi connectivity index (χ0n) is 15.4. The minimum absolute atomic E-state index is 0.324. The number of hydrogen-bond acceptors (Lipinski definition) is 2. The molecule has 1 rings (SSSR count). The summed E-state index contributed by atoms with van der Waals surface area (Å²) in [6.45, 7) is 4.65. The Bertz CT molecular complexity index is 505. The van der Waals surface area contributed by atoms with Gasteiger partial charge < -0.3 is 10.4 Å². The molecule has 0 aromatic heterocycles. The molecule has 0 aliphatic rings. The van der Waals surface area contributed by atoms with E-state index in [-0.39, 0.29) is 0 Å². The van der Waals surface area contributed by atoms with Crippen molar-refractivity contribution in [3.05, 3.63) is 54.6 Å². The average molecular weight is 344 g/mol. The summed E-state index contributed by atoms with van der Waals surface area (Å²) < 4.78 is 0. The van der Waals surface area contributed by atoms with E-state index in [1.54, 1.807) is 12.1 Å². The number of aromatic carboxylic acids is 1. The van der Waals surface area contributed by atoms with Gasteiger partial charge in [0.25, 0.3) is 0 Å². The molecule has 1 aromatic rings. The average Bonchev–Trinajstić information content (AvgIpc) is 2.62. The summed E-state index contributed by atoms with van der Waals surface area (Å²) in [4.78, 5) is 10.8. The first kappa shape index (κ1) is 21.0. The standard InChI is InChI=1S/C22H33NO2/c1-2-3-4-5-6-7-8-9-10-11-12-13-14-19-23-21-17-15-20(16-18-21)22(24)25/h2,11-12,15-18,23H,1,3-10,13-14,19H2,(H,24,25)/b12-11+. The van der Waals surface area contributed by atoms with Crippen LogP contribution in [0, 0.1) is 0 Å². The Balaban J connectivity index is 1.93. The Labute approximate surface area is 152 Å². The second-order valence-electron chi connectivity index (χ2n) is 6.41. The summed E-state index contributed by atoms with van der Waals surface area (Å²) in [6.07, 6.45) is 19.1. The monoisotopic (exact) mass is 343 g/mol. The number of carboxylic acid groups (broad SMARTS) is 1. The van der Waals surface area contributed by atoms with Gasteiger partial charge in [0.15, 0.2) is 0 Å². The Hall–Kier alpha value is -2.03. The highest BCUT2D eigenvalue weighted by atomic mass is 16.4. The number of unbranched alkanes of at least 4 members (excludes halogenated alkanes) is 8. The predicted octanol–water partition coefficient (Wildman–Crippen LogP) is 6.44. The number of rotatable bonds is 15. The number of carbonyl (C=O) groups is 1. The summed E-state index contributed by atoms with van der Waals surface area (Å²) in [5.74, 6) is -0.885. The van der Waals surface area contributed by atoms with Crippen LogP contribution in [0.4, 0.5) is 5.69 Å². The molecule has 0 unspecified atom stereocenters. The lowest BCUT2D eigenvalue weighted by Gasteiger charge is -2.05. The van der Waals surface area contributed by atoms with Crippen LogP contribution in [-0.2, 0) is 0 Å². The summed E-state index contributed by atoms with van der Waals surface area (Å²) in [5, 5.41) is 12.2. The summed E-state index contributed by atoms with van der Waals surface area (Å²) in [7, 11) is 0. The van der Waals surface area contributed by atoms with Gasteiger partial charge in [-0.15, -0.1) is 6.58 Å². The molecule has 0 spiro atoms. The largest absolute Gasteiger partial charge is 0.478 e.